The fourth-order valence-electron chi connectivity index (χ4n) is 3.49. The van der Waals surface area contributed by atoms with E-state index in [1.165, 1.54) is 18.9 Å². The highest BCUT2D eigenvalue weighted by Gasteiger charge is 2.16. The predicted molar refractivity (Wildman–Crippen MR) is 164 cm³/mol. The summed E-state index contributed by atoms with van der Waals surface area (Å²) in [6, 6.07) is 14.9. The highest BCUT2D eigenvalue weighted by Crippen LogP contribution is 2.22. The van der Waals surface area contributed by atoms with Gasteiger partial charge in [0.15, 0.2) is 0 Å². The lowest BCUT2D eigenvalue weighted by molar-refractivity contribution is -0.136. The van der Waals surface area contributed by atoms with Crippen LogP contribution in [0.3, 0.4) is 0 Å². The van der Waals surface area contributed by atoms with Gasteiger partial charge in [-0.2, -0.15) is 0 Å². The molecule has 2 aromatic carbocycles. The number of hydrogen-bond donors (Lipinski definition) is 2. The standard InChI is InChI=1S/C26H28N4O4.2C3H8/c1-17-21(16-25(32)33)26(30(2)3)29-23(27-17)15-18-9-12-20(13-10-18)28-24(31)14-11-19-7-5-6-8-22(19)34-4;2*1-3-2/h5-14H,15-16H2,1-4H3,(H,28,31)(H,32,33);2*3H2,1-2H3/b14-11+;;. The Morgan fingerprint density at radius 1 is 0.975 bits per heavy atom. The van der Waals surface area contributed by atoms with E-state index in [9.17, 15) is 14.7 Å². The topological polar surface area (TPSA) is 105 Å². The normalized spacial score (nSPS) is 10.1. The summed E-state index contributed by atoms with van der Waals surface area (Å²) in [5, 5.41) is 12.0. The van der Waals surface area contributed by atoms with Gasteiger partial charge in [-0.15, -0.1) is 0 Å². The van der Waals surface area contributed by atoms with Crippen molar-refractivity contribution in [2.45, 2.75) is 60.3 Å². The lowest BCUT2D eigenvalue weighted by Gasteiger charge is -2.18. The van der Waals surface area contributed by atoms with Crippen LogP contribution in [0.1, 0.15) is 68.7 Å². The van der Waals surface area contributed by atoms with Crippen molar-refractivity contribution in [1.82, 2.24) is 9.97 Å². The smallest absolute Gasteiger partial charge is 0.308 e. The van der Waals surface area contributed by atoms with Crippen molar-refractivity contribution in [1.29, 1.82) is 0 Å². The number of carboxylic acid groups (broad SMARTS) is 1. The van der Waals surface area contributed by atoms with Gasteiger partial charge in [-0.05, 0) is 36.8 Å². The molecule has 3 aromatic rings. The Morgan fingerprint density at radius 3 is 2.12 bits per heavy atom. The largest absolute Gasteiger partial charge is 0.496 e. The summed E-state index contributed by atoms with van der Waals surface area (Å²) in [5.74, 6) is 0.740. The molecule has 0 saturated heterocycles. The molecule has 0 saturated carbocycles. The molecule has 0 atom stereocenters. The van der Waals surface area contributed by atoms with Gasteiger partial charge in [0.2, 0.25) is 5.91 Å². The van der Waals surface area contributed by atoms with Gasteiger partial charge in [0.05, 0.1) is 13.5 Å². The van der Waals surface area contributed by atoms with Crippen LogP contribution in [0.15, 0.2) is 54.6 Å². The summed E-state index contributed by atoms with van der Waals surface area (Å²) in [7, 11) is 5.25. The highest BCUT2D eigenvalue weighted by molar-refractivity contribution is 6.02. The van der Waals surface area contributed by atoms with Gasteiger partial charge in [0, 0.05) is 49.1 Å². The summed E-state index contributed by atoms with van der Waals surface area (Å²) >= 11 is 0. The Kier molecular flexibility index (Phi) is 15.4. The molecular weight excluding hydrogens is 504 g/mol. The maximum absolute atomic E-state index is 12.3. The molecule has 1 amide bonds. The number of anilines is 2. The zero-order valence-corrected chi connectivity index (χ0v) is 25.1. The molecule has 8 heteroatoms. The number of benzene rings is 2. The van der Waals surface area contributed by atoms with E-state index in [1.54, 1.807) is 25.0 Å². The molecule has 2 N–H and O–H groups in total. The monoisotopic (exact) mass is 548 g/mol. The number of nitrogens with zero attached hydrogens (tertiary/aromatic N) is 3. The van der Waals surface area contributed by atoms with Crippen molar-refractivity contribution in [3.63, 3.8) is 0 Å². The van der Waals surface area contributed by atoms with E-state index in [0.717, 1.165) is 11.1 Å². The maximum Gasteiger partial charge on any atom is 0.308 e. The maximum atomic E-state index is 12.3. The number of hydrogen-bond acceptors (Lipinski definition) is 6. The zero-order valence-electron chi connectivity index (χ0n) is 25.1. The molecule has 40 heavy (non-hydrogen) atoms. The Balaban J connectivity index is 0.00000122. The number of rotatable bonds is 9. The van der Waals surface area contributed by atoms with Crippen LogP contribution in [0, 0.1) is 6.92 Å². The second kappa shape index (κ2) is 18.2. The van der Waals surface area contributed by atoms with Crippen molar-refractivity contribution < 1.29 is 19.4 Å². The van der Waals surface area contributed by atoms with Crippen LogP contribution >= 0.6 is 0 Å². The van der Waals surface area contributed by atoms with E-state index < -0.39 is 5.97 Å². The van der Waals surface area contributed by atoms with Crippen LogP contribution in [-0.2, 0) is 22.4 Å². The van der Waals surface area contributed by atoms with Gasteiger partial charge in [0.25, 0.3) is 0 Å². The molecule has 0 fully saturated rings. The average Bonchev–Trinajstić information content (AvgIpc) is 2.90. The van der Waals surface area contributed by atoms with Crippen LogP contribution in [0.5, 0.6) is 5.75 Å². The molecule has 216 valence electrons. The second-order valence-corrected chi connectivity index (χ2v) is 9.34. The van der Waals surface area contributed by atoms with Crippen LogP contribution < -0.4 is 15.0 Å². The first-order valence-corrected chi connectivity index (χ1v) is 13.6. The molecule has 0 aliphatic rings. The quantitative estimate of drug-likeness (QED) is 0.292. The zero-order chi connectivity index (χ0) is 30.1. The lowest BCUT2D eigenvalue weighted by Crippen LogP contribution is -2.18. The van der Waals surface area contributed by atoms with Crippen molar-refractivity contribution >= 4 is 29.5 Å². The molecule has 3 rings (SSSR count). The minimum atomic E-state index is -0.919. The third-order valence-electron chi connectivity index (χ3n) is 5.13. The van der Waals surface area contributed by atoms with E-state index >= 15 is 0 Å². The summed E-state index contributed by atoms with van der Waals surface area (Å²) in [4.78, 5) is 34.4. The number of ether oxygens (including phenoxy) is 1. The number of amides is 1. The molecule has 0 unspecified atom stereocenters. The summed E-state index contributed by atoms with van der Waals surface area (Å²) in [6.07, 6.45) is 6.03. The number of aryl methyl sites for hydroxylation is 1. The molecule has 0 radical (unpaired) electrons. The Hall–Kier alpha value is -4.20. The minimum Gasteiger partial charge on any atom is -0.496 e. The molecular formula is C32H44N4O4. The first-order valence-electron chi connectivity index (χ1n) is 13.6. The number of methoxy groups -OCH3 is 1. The molecule has 0 spiro atoms. The van der Waals surface area contributed by atoms with E-state index in [1.807, 2.05) is 62.6 Å². The van der Waals surface area contributed by atoms with Gasteiger partial charge in [-0.1, -0.05) is 70.9 Å². The third kappa shape index (κ3) is 11.7. The predicted octanol–water partition coefficient (Wildman–Crippen LogP) is 6.56. The van der Waals surface area contributed by atoms with Crippen molar-refractivity contribution in [3.05, 3.63) is 82.8 Å². The fourth-order valence-corrected chi connectivity index (χ4v) is 3.49. The van der Waals surface area contributed by atoms with Gasteiger partial charge in [-0.3, -0.25) is 9.59 Å². The number of nitrogens with one attached hydrogen (secondary N) is 1. The van der Waals surface area contributed by atoms with E-state index in [4.69, 9.17) is 4.74 Å². The average molecular weight is 549 g/mol. The summed E-state index contributed by atoms with van der Waals surface area (Å²) < 4.78 is 5.29. The molecule has 8 nitrogen and oxygen atoms in total. The molecule has 1 aromatic heterocycles. The van der Waals surface area contributed by atoms with Crippen LogP contribution in [0.4, 0.5) is 11.5 Å². The van der Waals surface area contributed by atoms with Crippen LogP contribution in [0.2, 0.25) is 0 Å². The number of carbonyl (C=O) groups is 2. The first-order chi connectivity index (χ1) is 19.1. The third-order valence-corrected chi connectivity index (χ3v) is 5.13. The van der Waals surface area contributed by atoms with Crippen LogP contribution in [-0.4, -0.2) is 48.2 Å². The highest BCUT2D eigenvalue weighted by atomic mass is 16.5. The minimum absolute atomic E-state index is 0.125. The second-order valence-electron chi connectivity index (χ2n) is 9.34. The van der Waals surface area contributed by atoms with Gasteiger partial charge in [-0.25, -0.2) is 9.97 Å². The van der Waals surface area contributed by atoms with Crippen molar-refractivity contribution in [2.75, 3.05) is 31.4 Å². The fraction of sp³-hybridized carbons (Fsp3) is 0.375. The summed E-state index contributed by atoms with van der Waals surface area (Å²) in [5.41, 5.74) is 3.72. The first kappa shape index (κ1) is 33.8. The molecule has 0 bridgehead atoms. The number of para-hydroxylation sites is 1. The van der Waals surface area contributed by atoms with Gasteiger partial charge in [0.1, 0.15) is 17.4 Å². The van der Waals surface area contributed by atoms with Gasteiger partial charge >= 0.3 is 5.97 Å². The van der Waals surface area contributed by atoms with Crippen molar-refractivity contribution in [3.8, 4) is 5.75 Å². The number of aromatic nitrogens is 2. The van der Waals surface area contributed by atoms with Crippen LogP contribution in [0.25, 0.3) is 6.08 Å². The number of carbonyl (C=O) groups excluding carboxylic acids is 1. The summed E-state index contributed by atoms with van der Waals surface area (Å²) in [6.45, 7) is 10.3. The number of aliphatic carboxylic acids is 1. The Labute approximate surface area is 239 Å². The van der Waals surface area contributed by atoms with Gasteiger partial charge < -0.3 is 20.1 Å². The Bertz CT molecular complexity index is 1240. The molecule has 0 aliphatic heterocycles. The molecule has 1 heterocycles. The number of carboxylic acids is 1. The van der Waals surface area contributed by atoms with E-state index in [2.05, 4.69) is 43.0 Å². The Morgan fingerprint density at radius 2 is 1.57 bits per heavy atom. The van der Waals surface area contributed by atoms with E-state index in [0.29, 0.717) is 40.8 Å². The van der Waals surface area contributed by atoms with E-state index in [-0.39, 0.29) is 12.3 Å². The molecule has 0 aliphatic carbocycles. The van der Waals surface area contributed by atoms with Crippen molar-refractivity contribution in [2.24, 2.45) is 0 Å². The SMILES string of the molecule is CCC.CCC.COc1ccccc1/C=C/C(=O)Nc1ccc(Cc2nc(C)c(CC(=O)O)c(N(C)C)n2)cc1. The lowest BCUT2D eigenvalue weighted by atomic mass is 10.1.